The Kier molecular flexibility index (Phi) is 3.06. The summed E-state index contributed by atoms with van der Waals surface area (Å²) in [7, 11) is 0. The van der Waals surface area contributed by atoms with Gasteiger partial charge in [0.15, 0.2) is 0 Å². The van der Waals surface area contributed by atoms with Crippen molar-refractivity contribution in [2.24, 2.45) is 11.8 Å². The van der Waals surface area contributed by atoms with Crippen LogP contribution >= 0.6 is 0 Å². The Bertz CT molecular complexity index is 434. The van der Waals surface area contributed by atoms with Gasteiger partial charge in [-0.1, -0.05) is 30.3 Å². The van der Waals surface area contributed by atoms with Crippen molar-refractivity contribution < 1.29 is 4.79 Å². The number of nitrogens with one attached hydrogen (secondary N) is 1. The minimum Gasteiger partial charge on any atom is -0.293 e. The molecular formula is C14H19N3O. The number of likely N-dealkylation sites (tertiary alicyclic amines) is 1. The van der Waals surface area contributed by atoms with Gasteiger partial charge in [-0.25, -0.2) is 5.84 Å². The first-order valence-corrected chi connectivity index (χ1v) is 6.60. The molecule has 96 valence electrons. The molecular weight excluding hydrogens is 226 g/mol. The third kappa shape index (κ3) is 1.91. The monoisotopic (exact) mass is 245 g/mol. The van der Waals surface area contributed by atoms with Crippen molar-refractivity contribution >= 4 is 5.91 Å². The molecule has 3 rings (SSSR count). The Morgan fingerprint density at radius 1 is 1.33 bits per heavy atom. The van der Waals surface area contributed by atoms with E-state index in [1.54, 1.807) is 0 Å². The van der Waals surface area contributed by atoms with Crippen LogP contribution in [0, 0.1) is 5.92 Å². The average molecular weight is 245 g/mol. The van der Waals surface area contributed by atoms with Crippen LogP contribution in [0.15, 0.2) is 30.3 Å². The molecule has 18 heavy (non-hydrogen) atoms. The highest BCUT2D eigenvalue weighted by atomic mass is 16.2. The summed E-state index contributed by atoms with van der Waals surface area (Å²) in [5.41, 5.74) is 3.35. The second-order valence-corrected chi connectivity index (χ2v) is 5.35. The van der Waals surface area contributed by atoms with Gasteiger partial charge in [0.25, 0.3) is 5.91 Å². The number of rotatable bonds is 3. The van der Waals surface area contributed by atoms with E-state index in [1.165, 1.54) is 19.3 Å². The molecule has 1 aliphatic heterocycles. The SMILES string of the molecule is NNC(=O)C(c1ccccc1)N1CC2CCC1C2. The summed E-state index contributed by atoms with van der Waals surface area (Å²) in [4.78, 5) is 14.4. The number of hydrazine groups is 1. The number of benzene rings is 1. The van der Waals surface area contributed by atoms with Crippen molar-refractivity contribution in [3.8, 4) is 0 Å². The molecule has 1 amide bonds. The smallest absolute Gasteiger partial charge is 0.255 e. The molecule has 1 aromatic carbocycles. The van der Waals surface area contributed by atoms with E-state index in [0.717, 1.165) is 18.0 Å². The average Bonchev–Trinajstić information content (AvgIpc) is 3.02. The summed E-state index contributed by atoms with van der Waals surface area (Å²) in [5, 5.41) is 0. The summed E-state index contributed by atoms with van der Waals surface area (Å²) in [6.07, 6.45) is 3.76. The molecule has 3 N–H and O–H groups in total. The van der Waals surface area contributed by atoms with Crippen LogP contribution in [-0.2, 0) is 4.79 Å². The Hall–Kier alpha value is -1.39. The van der Waals surface area contributed by atoms with E-state index < -0.39 is 0 Å². The Morgan fingerprint density at radius 3 is 2.67 bits per heavy atom. The van der Waals surface area contributed by atoms with Gasteiger partial charge in [0.05, 0.1) is 0 Å². The highest BCUT2D eigenvalue weighted by Gasteiger charge is 2.43. The van der Waals surface area contributed by atoms with Gasteiger partial charge in [0.1, 0.15) is 6.04 Å². The normalized spacial score (nSPS) is 28.3. The van der Waals surface area contributed by atoms with Crippen LogP contribution in [0.2, 0.25) is 0 Å². The summed E-state index contributed by atoms with van der Waals surface area (Å²) >= 11 is 0. The molecule has 2 bridgehead atoms. The van der Waals surface area contributed by atoms with Gasteiger partial charge >= 0.3 is 0 Å². The molecule has 1 aliphatic carbocycles. The molecule has 3 unspecified atom stereocenters. The second-order valence-electron chi connectivity index (χ2n) is 5.35. The van der Waals surface area contributed by atoms with Crippen LogP contribution in [0.3, 0.4) is 0 Å². The molecule has 1 saturated carbocycles. The Balaban J connectivity index is 1.89. The van der Waals surface area contributed by atoms with Gasteiger partial charge in [-0.3, -0.25) is 15.1 Å². The maximum atomic E-state index is 12.1. The summed E-state index contributed by atoms with van der Waals surface area (Å²) in [5.74, 6) is 6.02. The largest absolute Gasteiger partial charge is 0.293 e. The third-order valence-electron chi connectivity index (χ3n) is 4.29. The molecule has 1 saturated heterocycles. The fraction of sp³-hybridized carbons (Fsp3) is 0.500. The lowest BCUT2D eigenvalue weighted by Crippen LogP contribution is -2.46. The van der Waals surface area contributed by atoms with Crippen molar-refractivity contribution in [3.05, 3.63) is 35.9 Å². The maximum Gasteiger partial charge on any atom is 0.255 e. The van der Waals surface area contributed by atoms with Gasteiger partial charge < -0.3 is 0 Å². The van der Waals surface area contributed by atoms with E-state index in [4.69, 9.17) is 5.84 Å². The molecule has 4 heteroatoms. The van der Waals surface area contributed by atoms with E-state index in [-0.39, 0.29) is 11.9 Å². The van der Waals surface area contributed by atoms with Crippen LogP contribution in [0.25, 0.3) is 0 Å². The number of carbonyl (C=O) groups is 1. The maximum absolute atomic E-state index is 12.1. The lowest BCUT2D eigenvalue weighted by Gasteiger charge is -2.33. The topological polar surface area (TPSA) is 58.4 Å². The number of fused-ring (bicyclic) bond motifs is 2. The van der Waals surface area contributed by atoms with Crippen LogP contribution in [0.5, 0.6) is 0 Å². The number of carbonyl (C=O) groups excluding carboxylic acids is 1. The fourth-order valence-corrected chi connectivity index (χ4v) is 3.49. The van der Waals surface area contributed by atoms with Crippen LogP contribution in [0.1, 0.15) is 30.9 Å². The van der Waals surface area contributed by atoms with E-state index in [1.807, 2.05) is 30.3 Å². The number of nitrogens with two attached hydrogens (primary N) is 1. The minimum atomic E-state index is -0.230. The zero-order valence-corrected chi connectivity index (χ0v) is 10.4. The predicted octanol–water partition coefficient (Wildman–Crippen LogP) is 1.20. The molecule has 2 aliphatic rings. The highest BCUT2D eigenvalue weighted by Crippen LogP contribution is 2.42. The third-order valence-corrected chi connectivity index (χ3v) is 4.29. The van der Waals surface area contributed by atoms with Crippen LogP contribution in [-0.4, -0.2) is 23.4 Å². The molecule has 1 heterocycles. The molecule has 1 aromatic rings. The summed E-state index contributed by atoms with van der Waals surface area (Å²) in [6, 6.07) is 10.2. The standard InChI is InChI=1S/C14H19N3O/c15-16-14(18)13(11-4-2-1-3-5-11)17-9-10-6-7-12(17)8-10/h1-5,10,12-13H,6-9,15H2,(H,16,18). The Morgan fingerprint density at radius 2 is 2.11 bits per heavy atom. The van der Waals surface area contributed by atoms with Crippen molar-refractivity contribution in [3.63, 3.8) is 0 Å². The zero-order valence-electron chi connectivity index (χ0n) is 10.4. The number of piperidine rings is 1. The molecule has 2 fully saturated rings. The van der Waals surface area contributed by atoms with Crippen molar-refractivity contribution in [2.45, 2.75) is 31.3 Å². The number of nitrogens with zero attached hydrogens (tertiary/aromatic N) is 1. The summed E-state index contributed by atoms with van der Waals surface area (Å²) < 4.78 is 0. The van der Waals surface area contributed by atoms with Crippen molar-refractivity contribution in [1.82, 2.24) is 10.3 Å². The summed E-state index contributed by atoms with van der Waals surface area (Å²) in [6.45, 7) is 1.03. The minimum absolute atomic E-state index is 0.103. The first-order valence-electron chi connectivity index (χ1n) is 6.60. The highest BCUT2D eigenvalue weighted by molar-refractivity contribution is 5.82. The van der Waals surface area contributed by atoms with Crippen molar-refractivity contribution in [2.75, 3.05) is 6.54 Å². The van der Waals surface area contributed by atoms with Gasteiger partial charge in [0, 0.05) is 12.6 Å². The molecule has 0 radical (unpaired) electrons. The van der Waals surface area contributed by atoms with E-state index in [2.05, 4.69) is 10.3 Å². The number of hydrogen-bond acceptors (Lipinski definition) is 3. The second kappa shape index (κ2) is 4.71. The predicted molar refractivity (Wildman–Crippen MR) is 69.3 cm³/mol. The first-order chi connectivity index (χ1) is 8.79. The molecule has 3 atom stereocenters. The fourth-order valence-electron chi connectivity index (χ4n) is 3.49. The molecule has 0 aromatic heterocycles. The van der Waals surface area contributed by atoms with Gasteiger partial charge in [-0.15, -0.1) is 0 Å². The van der Waals surface area contributed by atoms with Gasteiger partial charge in [-0.05, 0) is 30.7 Å². The molecule has 0 spiro atoms. The molecule has 4 nitrogen and oxygen atoms in total. The van der Waals surface area contributed by atoms with Crippen LogP contribution in [0.4, 0.5) is 0 Å². The lowest BCUT2D eigenvalue weighted by molar-refractivity contribution is -0.127. The number of amides is 1. The van der Waals surface area contributed by atoms with Crippen LogP contribution < -0.4 is 11.3 Å². The van der Waals surface area contributed by atoms with E-state index in [0.29, 0.717) is 6.04 Å². The number of hydrogen-bond donors (Lipinski definition) is 2. The lowest BCUT2D eigenvalue weighted by atomic mass is 10.0. The zero-order chi connectivity index (χ0) is 12.5. The van der Waals surface area contributed by atoms with E-state index in [9.17, 15) is 4.79 Å². The quantitative estimate of drug-likeness (QED) is 0.478. The Labute approximate surface area is 107 Å². The first kappa shape index (κ1) is 11.7. The van der Waals surface area contributed by atoms with Gasteiger partial charge in [-0.2, -0.15) is 0 Å². The van der Waals surface area contributed by atoms with Gasteiger partial charge in [0.2, 0.25) is 0 Å². The van der Waals surface area contributed by atoms with E-state index >= 15 is 0 Å². The van der Waals surface area contributed by atoms with Crippen molar-refractivity contribution in [1.29, 1.82) is 0 Å².